The highest BCUT2D eigenvalue weighted by Gasteiger charge is 2.48. The molecule has 2 atom stereocenters. The molecule has 3 rings (SSSR count). The average Bonchev–Trinajstić information content (AvgIpc) is 2.54. The second-order valence-corrected chi connectivity index (χ2v) is 7.60. The number of aliphatic hydroxyl groups is 2. The van der Waals surface area contributed by atoms with Crippen molar-refractivity contribution in [1.29, 1.82) is 0 Å². The molecule has 2 aliphatic heterocycles. The Morgan fingerprint density at radius 2 is 2.04 bits per heavy atom. The first-order valence-electron chi connectivity index (χ1n) is 8.37. The Labute approximate surface area is 147 Å². The van der Waals surface area contributed by atoms with Gasteiger partial charge in [-0.15, -0.1) is 0 Å². The summed E-state index contributed by atoms with van der Waals surface area (Å²) in [6, 6.07) is 7.39. The Hall–Kier alpha value is -1.14. The molecule has 0 aliphatic carbocycles. The van der Waals surface area contributed by atoms with Crippen molar-refractivity contribution in [1.82, 2.24) is 4.90 Å². The predicted octanol–water partition coefficient (Wildman–Crippen LogP) is 1.78. The topological polar surface area (TPSA) is 70.0 Å². The van der Waals surface area contributed by atoms with Gasteiger partial charge in [0.1, 0.15) is 6.10 Å². The zero-order valence-electron chi connectivity index (χ0n) is 13.9. The fourth-order valence-corrected chi connectivity index (χ4v) is 3.86. The fourth-order valence-electron chi connectivity index (χ4n) is 3.66. The zero-order valence-corrected chi connectivity index (χ0v) is 14.6. The highest BCUT2D eigenvalue weighted by Crippen LogP contribution is 2.39. The van der Waals surface area contributed by atoms with Gasteiger partial charge in [-0.3, -0.25) is 4.79 Å². The Morgan fingerprint density at radius 3 is 2.67 bits per heavy atom. The Balaban J connectivity index is 1.59. The van der Waals surface area contributed by atoms with Crippen molar-refractivity contribution in [3.8, 4) is 0 Å². The van der Waals surface area contributed by atoms with Gasteiger partial charge in [0, 0.05) is 24.5 Å². The van der Waals surface area contributed by atoms with Crippen molar-refractivity contribution in [3.63, 3.8) is 0 Å². The molecule has 2 saturated heterocycles. The molecular weight excluding hydrogens is 330 g/mol. The van der Waals surface area contributed by atoms with E-state index < -0.39 is 17.3 Å². The van der Waals surface area contributed by atoms with E-state index in [1.807, 2.05) is 23.1 Å². The molecule has 5 nitrogen and oxygen atoms in total. The first kappa shape index (κ1) is 17.7. The van der Waals surface area contributed by atoms with Gasteiger partial charge in [-0.25, -0.2) is 0 Å². The van der Waals surface area contributed by atoms with Gasteiger partial charge in [-0.05, 0) is 31.4 Å². The van der Waals surface area contributed by atoms with Crippen molar-refractivity contribution >= 4 is 17.5 Å². The van der Waals surface area contributed by atoms with E-state index in [0.717, 1.165) is 5.56 Å². The molecule has 0 saturated carbocycles. The first-order chi connectivity index (χ1) is 11.3. The van der Waals surface area contributed by atoms with Crippen LogP contribution in [0.1, 0.15) is 31.7 Å². The van der Waals surface area contributed by atoms with Gasteiger partial charge in [0.05, 0.1) is 24.2 Å². The second-order valence-electron chi connectivity index (χ2n) is 7.19. The number of likely N-dealkylation sites (tertiary alicyclic amines) is 1. The summed E-state index contributed by atoms with van der Waals surface area (Å²) in [6.07, 6.45) is 1.18. The molecule has 6 heteroatoms. The highest BCUT2D eigenvalue weighted by atomic mass is 35.5. The summed E-state index contributed by atoms with van der Waals surface area (Å²) in [5.41, 5.74) is -0.740. The molecule has 1 aromatic rings. The summed E-state index contributed by atoms with van der Waals surface area (Å²) in [6.45, 7) is 2.97. The summed E-state index contributed by atoms with van der Waals surface area (Å²) in [7, 11) is 0. The standard InChI is InChI=1S/C18H24ClNO4/c1-17(23)12-18(24-11-15(17)21)6-8-20(9-7-18)16(22)10-13-4-2-3-5-14(13)19/h2-5,15,21,23H,6-12H2,1H3/t15-,17-/m0/s1. The average molecular weight is 354 g/mol. The molecule has 0 unspecified atom stereocenters. The van der Waals surface area contributed by atoms with Crippen molar-refractivity contribution in [2.24, 2.45) is 0 Å². The number of hydrogen-bond donors (Lipinski definition) is 2. The van der Waals surface area contributed by atoms with Gasteiger partial charge < -0.3 is 19.8 Å². The lowest BCUT2D eigenvalue weighted by atomic mass is 9.76. The Kier molecular flexibility index (Phi) is 4.89. The van der Waals surface area contributed by atoms with Crippen molar-refractivity contribution < 1.29 is 19.7 Å². The van der Waals surface area contributed by atoms with Crippen molar-refractivity contribution in [2.45, 2.75) is 49.9 Å². The molecule has 2 aliphatic rings. The number of halogens is 1. The maximum absolute atomic E-state index is 12.5. The second kappa shape index (κ2) is 6.64. The lowest BCUT2D eigenvalue weighted by Crippen LogP contribution is -2.59. The van der Waals surface area contributed by atoms with Crippen LogP contribution < -0.4 is 0 Å². The molecule has 2 fully saturated rings. The number of carbonyl (C=O) groups excluding carboxylic acids is 1. The molecule has 1 amide bonds. The predicted molar refractivity (Wildman–Crippen MR) is 90.9 cm³/mol. The fraction of sp³-hybridized carbons (Fsp3) is 0.611. The molecule has 24 heavy (non-hydrogen) atoms. The van der Waals surface area contributed by atoms with Gasteiger partial charge >= 0.3 is 0 Å². The van der Waals surface area contributed by atoms with Crippen molar-refractivity contribution in [3.05, 3.63) is 34.9 Å². The molecule has 0 radical (unpaired) electrons. The molecule has 2 N–H and O–H groups in total. The van der Waals surface area contributed by atoms with Gasteiger partial charge in [0.2, 0.25) is 5.91 Å². The van der Waals surface area contributed by atoms with E-state index in [1.165, 1.54) is 0 Å². The number of amides is 1. The van der Waals surface area contributed by atoms with E-state index in [2.05, 4.69) is 0 Å². The maximum Gasteiger partial charge on any atom is 0.227 e. The number of rotatable bonds is 2. The van der Waals surface area contributed by atoms with Gasteiger partial charge in [0.15, 0.2) is 0 Å². The minimum absolute atomic E-state index is 0.0561. The molecule has 0 aromatic heterocycles. The third kappa shape index (κ3) is 3.59. The van der Waals surface area contributed by atoms with E-state index >= 15 is 0 Å². The van der Waals surface area contributed by atoms with Crippen LogP contribution in [-0.4, -0.2) is 58.0 Å². The number of nitrogens with zero attached hydrogens (tertiary/aromatic N) is 1. The van der Waals surface area contributed by atoms with Crippen LogP contribution in [0, 0.1) is 0 Å². The summed E-state index contributed by atoms with van der Waals surface area (Å²) < 4.78 is 5.85. The van der Waals surface area contributed by atoms with E-state index in [1.54, 1.807) is 13.0 Å². The molecule has 0 bridgehead atoms. The van der Waals surface area contributed by atoms with Crippen molar-refractivity contribution in [2.75, 3.05) is 19.7 Å². The van der Waals surface area contributed by atoms with Crippen LogP contribution in [0.15, 0.2) is 24.3 Å². The quantitative estimate of drug-likeness (QED) is 0.850. The summed E-state index contributed by atoms with van der Waals surface area (Å²) in [5.74, 6) is 0.0561. The maximum atomic E-state index is 12.5. The van der Waals surface area contributed by atoms with Crippen LogP contribution in [0.3, 0.4) is 0 Å². The summed E-state index contributed by atoms with van der Waals surface area (Å²) >= 11 is 6.13. The van der Waals surface area contributed by atoms with E-state index in [4.69, 9.17) is 16.3 Å². The van der Waals surface area contributed by atoms with Crippen LogP contribution in [0.25, 0.3) is 0 Å². The molecule has 2 heterocycles. The zero-order chi connectivity index (χ0) is 17.4. The minimum Gasteiger partial charge on any atom is -0.388 e. The molecule has 132 valence electrons. The van der Waals surface area contributed by atoms with Crippen LogP contribution >= 0.6 is 11.6 Å². The lowest BCUT2D eigenvalue weighted by Gasteiger charge is -2.49. The van der Waals surface area contributed by atoms with Gasteiger partial charge in [-0.2, -0.15) is 0 Å². The summed E-state index contributed by atoms with van der Waals surface area (Å²) in [4.78, 5) is 14.3. The number of aliphatic hydroxyl groups excluding tert-OH is 1. The number of carbonyl (C=O) groups is 1. The number of hydrogen-bond acceptors (Lipinski definition) is 4. The molecular formula is C18H24ClNO4. The first-order valence-corrected chi connectivity index (χ1v) is 8.75. The van der Waals surface area contributed by atoms with E-state index in [9.17, 15) is 15.0 Å². The normalized spacial score (nSPS) is 29.7. The molecule has 1 aromatic carbocycles. The van der Waals surface area contributed by atoms with E-state index in [0.29, 0.717) is 43.8 Å². The highest BCUT2D eigenvalue weighted by molar-refractivity contribution is 6.31. The van der Waals surface area contributed by atoms with Gasteiger partial charge in [-0.1, -0.05) is 29.8 Å². The van der Waals surface area contributed by atoms with Crippen LogP contribution in [-0.2, 0) is 16.0 Å². The third-order valence-electron chi connectivity index (χ3n) is 5.27. The minimum atomic E-state index is -1.14. The van der Waals surface area contributed by atoms with Gasteiger partial charge in [0.25, 0.3) is 0 Å². The molecule has 1 spiro atoms. The van der Waals surface area contributed by atoms with Crippen LogP contribution in [0.5, 0.6) is 0 Å². The monoisotopic (exact) mass is 353 g/mol. The van der Waals surface area contributed by atoms with E-state index in [-0.39, 0.29) is 12.5 Å². The Bertz CT molecular complexity index is 611. The number of ether oxygens (including phenoxy) is 1. The number of piperidine rings is 1. The third-order valence-corrected chi connectivity index (χ3v) is 5.64. The van der Waals surface area contributed by atoms with Crippen LogP contribution in [0.4, 0.5) is 0 Å². The summed E-state index contributed by atoms with van der Waals surface area (Å²) in [5, 5.41) is 20.8. The van der Waals surface area contributed by atoms with Crippen LogP contribution in [0.2, 0.25) is 5.02 Å². The largest absolute Gasteiger partial charge is 0.388 e. The smallest absolute Gasteiger partial charge is 0.227 e. The Morgan fingerprint density at radius 1 is 1.38 bits per heavy atom. The lowest BCUT2D eigenvalue weighted by molar-refractivity contribution is -0.222. The number of benzene rings is 1. The SMILES string of the molecule is C[C@]1(O)CC2(CCN(C(=O)Cc3ccccc3Cl)CC2)OC[C@@H]1O.